The van der Waals surface area contributed by atoms with E-state index >= 15 is 0 Å². The molecule has 0 unspecified atom stereocenters. The van der Waals surface area contributed by atoms with E-state index in [1.807, 2.05) is 35.2 Å². The van der Waals surface area contributed by atoms with Gasteiger partial charge < -0.3 is 14.4 Å². The monoisotopic (exact) mass is 426 g/mol. The fourth-order valence-electron chi connectivity index (χ4n) is 3.73. The van der Waals surface area contributed by atoms with Crippen LogP contribution in [0.3, 0.4) is 0 Å². The van der Waals surface area contributed by atoms with Crippen LogP contribution in [0.5, 0.6) is 0 Å². The number of ether oxygens (including phenoxy) is 2. The summed E-state index contributed by atoms with van der Waals surface area (Å²) in [5.41, 5.74) is 0.701. The van der Waals surface area contributed by atoms with Gasteiger partial charge in [-0.05, 0) is 57.2 Å². The lowest BCUT2D eigenvalue weighted by molar-refractivity contribution is -0.384. The van der Waals surface area contributed by atoms with Crippen molar-refractivity contribution in [2.24, 2.45) is 5.92 Å². The minimum absolute atomic E-state index is 0.00857. The maximum absolute atomic E-state index is 12.5. The maximum atomic E-state index is 12.5. The molecule has 166 valence electrons. The quantitative estimate of drug-likeness (QED) is 0.353. The van der Waals surface area contributed by atoms with Crippen LogP contribution in [0.2, 0.25) is 0 Å². The molecule has 0 spiro atoms. The van der Waals surface area contributed by atoms with Gasteiger partial charge in [0.2, 0.25) is 0 Å². The smallest absolute Gasteiger partial charge is 0.345 e. The number of hydrogen-bond acceptors (Lipinski definition) is 6. The second-order valence-electron chi connectivity index (χ2n) is 8.86. The van der Waals surface area contributed by atoms with Crippen molar-refractivity contribution in [2.45, 2.75) is 45.8 Å². The van der Waals surface area contributed by atoms with Crippen LogP contribution in [0.25, 0.3) is 0 Å². The minimum Gasteiger partial charge on any atom is -0.456 e. The largest absolute Gasteiger partial charge is 0.456 e. The number of carbonyl (C=O) groups is 1. The Hall–Kier alpha value is -2.93. The van der Waals surface area contributed by atoms with E-state index in [0.717, 1.165) is 18.4 Å². The minimum atomic E-state index is -0.723. The zero-order chi connectivity index (χ0) is 22.4. The van der Waals surface area contributed by atoms with Crippen LogP contribution in [0.1, 0.15) is 49.5 Å². The molecule has 0 amide bonds. The molecular formula is C24H30N2O5. The number of anilines is 1. The van der Waals surface area contributed by atoms with E-state index in [4.69, 9.17) is 9.47 Å². The van der Waals surface area contributed by atoms with E-state index in [1.54, 1.807) is 32.9 Å². The molecule has 0 bridgehead atoms. The summed E-state index contributed by atoms with van der Waals surface area (Å²) in [5.74, 6) is -0.265. The van der Waals surface area contributed by atoms with Crippen LogP contribution in [0, 0.1) is 16.0 Å². The van der Waals surface area contributed by atoms with Gasteiger partial charge in [-0.25, -0.2) is 4.79 Å². The average molecular weight is 427 g/mol. The van der Waals surface area contributed by atoms with Crippen LogP contribution in [0.4, 0.5) is 11.4 Å². The summed E-state index contributed by atoms with van der Waals surface area (Å²) in [7, 11) is 0. The molecule has 0 aliphatic carbocycles. The molecule has 0 atom stereocenters. The Morgan fingerprint density at radius 3 is 2.39 bits per heavy atom. The highest BCUT2D eigenvalue weighted by Gasteiger charge is 2.31. The Balaban J connectivity index is 1.63. The van der Waals surface area contributed by atoms with Crippen LogP contribution >= 0.6 is 0 Å². The van der Waals surface area contributed by atoms with Crippen molar-refractivity contribution in [1.29, 1.82) is 0 Å². The molecule has 31 heavy (non-hydrogen) atoms. The lowest BCUT2D eigenvalue weighted by Crippen LogP contribution is -2.35. The van der Waals surface area contributed by atoms with E-state index in [1.165, 1.54) is 6.07 Å². The number of esters is 1. The predicted octanol–water partition coefficient (Wildman–Crippen LogP) is 4.98. The lowest BCUT2D eigenvalue weighted by atomic mass is 9.96. The van der Waals surface area contributed by atoms with Crippen LogP contribution in [0.15, 0.2) is 48.5 Å². The van der Waals surface area contributed by atoms with Gasteiger partial charge in [0.15, 0.2) is 0 Å². The number of nitro benzene ring substituents is 1. The fraction of sp³-hybridized carbons (Fsp3) is 0.458. The fourth-order valence-corrected chi connectivity index (χ4v) is 3.73. The zero-order valence-corrected chi connectivity index (χ0v) is 18.4. The topological polar surface area (TPSA) is 81.9 Å². The molecule has 1 aliphatic heterocycles. The van der Waals surface area contributed by atoms with Crippen molar-refractivity contribution in [3.63, 3.8) is 0 Å². The molecule has 0 aromatic heterocycles. The van der Waals surface area contributed by atoms with Crippen LogP contribution in [-0.2, 0) is 16.1 Å². The number of carbonyl (C=O) groups excluding carboxylic acids is 1. The second kappa shape index (κ2) is 9.92. The van der Waals surface area contributed by atoms with Crippen molar-refractivity contribution in [3.8, 4) is 0 Å². The number of para-hydroxylation sites is 1. The summed E-state index contributed by atoms with van der Waals surface area (Å²) in [6.07, 6.45) is 1.76. The van der Waals surface area contributed by atoms with E-state index in [2.05, 4.69) is 0 Å². The molecule has 1 saturated heterocycles. The molecule has 0 saturated carbocycles. The van der Waals surface area contributed by atoms with Gasteiger partial charge in [0.1, 0.15) is 16.9 Å². The Labute approximate surface area is 183 Å². The number of nitrogens with zero attached hydrogens (tertiary/aromatic N) is 2. The summed E-state index contributed by atoms with van der Waals surface area (Å²) in [4.78, 5) is 25.9. The van der Waals surface area contributed by atoms with Gasteiger partial charge in [-0.1, -0.05) is 36.4 Å². The number of piperidine rings is 1. The van der Waals surface area contributed by atoms with Gasteiger partial charge in [-0.2, -0.15) is 0 Å². The molecular weight excluding hydrogens is 396 g/mol. The molecule has 0 radical (unpaired) electrons. The van der Waals surface area contributed by atoms with E-state index in [9.17, 15) is 14.9 Å². The first-order valence-corrected chi connectivity index (χ1v) is 10.6. The van der Waals surface area contributed by atoms with E-state index in [-0.39, 0.29) is 11.3 Å². The first-order chi connectivity index (χ1) is 14.7. The van der Waals surface area contributed by atoms with Gasteiger partial charge in [-0.3, -0.25) is 10.1 Å². The summed E-state index contributed by atoms with van der Waals surface area (Å²) in [5, 5.41) is 11.8. The highest BCUT2D eigenvalue weighted by Crippen LogP contribution is 2.35. The predicted molar refractivity (Wildman–Crippen MR) is 119 cm³/mol. The van der Waals surface area contributed by atoms with Crippen LogP contribution < -0.4 is 4.90 Å². The number of nitro groups is 1. The first kappa shape index (κ1) is 22.7. The van der Waals surface area contributed by atoms with E-state index < -0.39 is 16.5 Å². The zero-order valence-electron chi connectivity index (χ0n) is 18.4. The van der Waals surface area contributed by atoms with Crippen molar-refractivity contribution in [3.05, 3.63) is 69.8 Å². The first-order valence-electron chi connectivity index (χ1n) is 10.6. The normalized spacial score (nSPS) is 15.0. The van der Waals surface area contributed by atoms with Gasteiger partial charge in [0, 0.05) is 19.7 Å². The Kier molecular flexibility index (Phi) is 7.28. The van der Waals surface area contributed by atoms with Gasteiger partial charge in [0.25, 0.3) is 0 Å². The molecule has 2 aromatic rings. The molecule has 1 fully saturated rings. The van der Waals surface area contributed by atoms with Crippen molar-refractivity contribution in [2.75, 3.05) is 24.6 Å². The summed E-state index contributed by atoms with van der Waals surface area (Å²) >= 11 is 0. The number of hydrogen-bond donors (Lipinski definition) is 0. The summed E-state index contributed by atoms with van der Waals surface area (Å²) < 4.78 is 11.2. The standard InChI is InChI=1S/C24H30N2O5/c1-24(2,3)31-23(27)20-10-7-11-21(22(20)26(28)29)25-14-12-19(13-15-25)17-30-16-18-8-5-4-6-9-18/h4-11,19H,12-17H2,1-3H3. The van der Waals surface area contributed by atoms with Crippen molar-refractivity contribution >= 4 is 17.3 Å². The SMILES string of the molecule is CC(C)(C)OC(=O)c1cccc(N2CCC(COCc3ccccc3)CC2)c1[N+](=O)[O-]. The van der Waals surface area contributed by atoms with Gasteiger partial charge in [0.05, 0.1) is 11.5 Å². The molecule has 7 heteroatoms. The third kappa shape index (κ3) is 6.28. The maximum Gasteiger partial charge on any atom is 0.345 e. The highest BCUT2D eigenvalue weighted by atomic mass is 16.6. The lowest BCUT2D eigenvalue weighted by Gasteiger charge is -2.33. The van der Waals surface area contributed by atoms with Crippen molar-refractivity contribution < 1.29 is 19.2 Å². The van der Waals surface area contributed by atoms with Crippen molar-refractivity contribution in [1.82, 2.24) is 0 Å². The summed E-state index contributed by atoms with van der Waals surface area (Å²) in [6, 6.07) is 14.9. The Bertz CT molecular complexity index is 900. The number of benzene rings is 2. The third-order valence-corrected chi connectivity index (χ3v) is 5.24. The molecule has 3 rings (SSSR count). The molecule has 1 aliphatic rings. The molecule has 0 N–H and O–H groups in total. The Morgan fingerprint density at radius 2 is 1.77 bits per heavy atom. The third-order valence-electron chi connectivity index (χ3n) is 5.24. The second-order valence-corrected chi connectivity index (χ2v) is 8.86. The molecule has 7 nitrogen and oxygen atoms in total. The molecule has 1 heterocycles. The van der Waals surface area contributed by atoms with Gasteiger partial charge in [-0.15, -0.1) is 0 Å². The van der Waals surface area contributed by atoms with Crippen LogP contribution in [-0.4, -0.2) is 36.2 Å². The Morgan fingerprint density at radius 1 is 1.10 bits per heavy atom. The average Bonchev–Trinajstić information content (AvgIpc) is 2.73. The van der Waals surface area contributed by atoms with E-state index in [0.29, 0.717) is 37.9 Å². The highest BCUT2D eigenvalue weighted by molar-refractivity contribution is 5.97. The number of rotatable bonds is 7. The van der Waals surface area contributed by atoms with Gasteiger partial charge >= 0.3 is 11.7 Å². The summed E-state index contributed by atoms with van der Waals surface area (Å²) in [6.45, 7) is 7.84. The molecule has 2 aromatic carbocycles.